The fraction of sp³-hybridized carbons (Fsp3) is 0.0556. The Morgan fingerprint density at radius 2 is 1.61 bits per heavy atom. The summed E-state index contributed by atoms with van der Waals surface area (Å²) in [7, 11) is -3.00. The molecule has 0 radical (unpaired) electrons. The number of aromatic nitrogens is 1. The Morgan fingerprint density at radius 3 is 2.18 bits per heavy atom. The first kappa shape index (κ1) is 23.4. The van der Waals surface area contributed by atoms with Gasteiger partial charge in [-0.1, -0.05) is 11.3 Å². The number of nitro groups is 2. The minimum absolute atomic E-state index is 0.133. The van der Waals surface area contributed by atoms with Gasteiger partial charge in [-0.05, 0) is 18.2 Å². The number of thiazole rings is 1. The molecule has 2 aromatic carbocycles. The lowest BCUT2D eigenvalue weighted by Crippen LogP contribution is -2.13. The van der Waals surface area contributed by atoms with Crippen LogP contribution in [0.5, 0.6) is 0 Å². The first-order valence-electron chi connectivity index (χ1n) is 8.67. The molecule has 15 heteroatoms. The van der Waals surface area contributed by atoms with Crippen LogP contribution in [0.15, 0.2) is 57.8 Å². The van der Waals surface area contributed by atoms with Crippen molar-refractivity contribution in [3.63, 3.8) is 0 Å². The van der Waals surface area contributed by atoms with Gasteiger partial charge >= 0.3 is 5.97 Å². The van der Waals surface area contributed by atoms with E-state index in [1.54, 1.807) is 0 Å². The Kier molecular flexibility index (Phi) is 6.45. The zero-order valence-electron chi connectivity index (χ0n) is 16.5. The number of amides is 1. The third kappa shape index (κ3) is 4.99. The van der Waals surface area contributed by atoms with Gasteiger partial charge in [0.15, 0.2) is 5.13 Å². The number of benzene rings is 2. The van der Waals surface area contributed by atoms with Gasteiger partial charge in [0.2, 0.25) is 9.84 Å². The summed E-state index contributed by atoms with van der Waals surface area (Å²) in [5.74, 6) is -1.77. The smallest absolute Gasteiger partial charge is 0.338 e. The summed E-state index contributed by atoms with van der Waals surface area (Å²) < 4.78 is 29.7. The summed E-state index contributed by atoms with van der Waals surface area (Å²) >= 11 is 0.603. The van der Waals surface area contributed by atoms with Gasteiger partial charge in [-0.3, -0.25) is 30.3 Å². The van der Waals surface area contributed by atoms with Crippen LogP contribution < -0.4 is 5.32 Å². The molecule has 3 aromatic rings. The topological polar surface area (TPSA) is 189 Å². The van der Waals surface area contributed by atoms with Crippen molar-refractivity contribution in [2.45, 2.75) is 9.10 Å². The molecule has 0 saturated heterocycles. The van der Waals surface area contributed by atoms with Crippen molar-refractivity contribution in [1.82, 2.24) is 4.98 Å². The van der Waals surface area contributed by atoms with Crippen molar-refractivity contribution in [3.8, 4) is 0 Å². The van der Waals surface area contributed by atoms with E-state index in [9.17, 15) is 38.2 Å². The standard InChI is InChI=1S/C18H12N4O9S2/c1-31-17(24)11-6-10(7-13(8-11)22(27)28)16(23)20-18-19-9-15(32-18)33(29,30)14-4-2-12(3-5-14)21(25)26/h2-9H,1H3,(H,19,20,23). The number of carbonyl (C=O) groups is 2. The molecule has 0 saturated carbocycles. The molecule has 0 spiro atoms. The predicted molar refractivity (Wildman–Crippen MR) is 113 cm³/mol. The lowest BCUT2D eigenvalue weighted by Gasteiger charge is -2.05. The molecule has 0 aliphatic rings. The van der Waals surface area contributed by atoms with E-state index in [0.717, 1.165) is 55.8 Å². The number of nitrogens with one attached hydrogen (secondary N) is 1. The highest BCUT2D eigenvalue weighted by Crippen LogP contribution is 2.30. The second-order valence-corrected chi connectivity index (χ2v) is 9.42. The number of rotatable bonds is 7. The highest BCUT2D eigenvalue weighted by molar-refractivity contribution is 7.93. The highest BCUT2D eigenvalue weighted by atomic mass is 32.2. The molecular formula is C18H12N4O9S2. The van der Waals surface area contributed by atoms with E-state index in [1.165, 1.54) is 0 Å². The normalized spacial score (nSPS) is 10.9. The Balaban J connectivity index is 1.86. The van der Waals surface area contributed by atoms with E-state index in [4.69, 9.17) is 0 Å². The maximum atomic E-state index is 12.7. The number of methoxy groups -OCH3 is 1. The van der Waals surface area contributed by atoms with E-state index >= 15 is 0 Å². The van der Waals surface area contributed by atoms with Crippen LogP contribution in [-0.2, 0) is 14.6 Å². The lowest BCUT2D eigenvalue weighted by molar-refractivity contribution is -0.385. The Morgan fingerprint density at radius 1 is 1.00 bits per heavy atom. The van der Waals surface area contributed by atoms with E-state index in [-0.39, 0.29) is 31.1 Å². The van der Waals surface area contributed by atoms with Crippen molar-refractivity contribution in [2.24, 2.45) is 0 Å². The maximum absolute atomic E-state index is 12.7. The molecule has 0 fully saturated rings. The van der Waals surface area contributed by atoms with Gasteiger partial charge in [-0.15, -0.1) is 0 Å². The van der Waals surface area contributed by atoms with E-state index in [2.05, 4.69) is 15.0 Å². The van der Waals surface area contributed by atoms with Gasteiger partial charge in [0.05, 0.1) is 33.6 Å². The Hall–Kier alpha value is -4.24. The summed E-state index contributed by atoms with van der Waals surface area (Å²) in [6, 6.07) is 7.18. The quantitative estimate of drug-likeness (QED) is 0.291. The number of anilines is 1. The zero-order valence-corrected chi connectivity index (χ0v) is 18.1. The number of sulfone groups is 1. The molecule has 0 aliphatic heterocycles. The predicted octanol–water partition coefficient (Wildman–Crippen LogP) is 2.83. The summed E-state index contributed by atoms with van der Waals surface area (Å²) in [5, 5.41) is 24.0. The first-order chi connectivity index (χ1) is 15.5. The molecule has 0 bridgehead atoms. The van der Waals surface area contributed by atoms with Gasteiger partial charge in [0.1, 0.15) is 4.21 Å². The van der Waals surface area contributed by atoms with E-state index in [1.807, 2.05) is 0 Å². The molecule has 0 atom stereocenters. The monoisotopic (exact) mass is 492 g/mol. The molecule has 1 heterocycles. The van der Waals surface area contributed by atoms with Crippen LogP contribution in [0.4, 0.5) is 16.5 Å². The number of ether oxygens (including phenoxy) is 1. The molecule has 1 aromatic heterocycles. The van der Waals surface area contributed by atoms with Gasteiger partial charge in [-0.2, -0.15) is 0 Å². The van der Waals surface area contributed by atoms with Gasteiger partial charge in [-0.25, -0.2) is 18.2 Å². The second-order valence-electron chi connectivity index (χ2n) is 6.21. The highest BCUT2D eigenvalue weighted by Gasteiger charge is 2.23. The number of hydrogen-bond acceptors (Lipinski definition) is 11. The van der Waals surface area contributed by atoms with Crippen LogP contribution in [0.2, 0.25) is 0 Å². The average molecular weight is 492 g/mol. The van der Waals surface area contributed by atoms with Crippen molar-refractivity contribution in [1.29, 1.82) is 0 Å². The SMILES string of the molecule is COC(=O)c1cc(C(=O)Nc2ncc(S(=O)(=O)c3ccc([N+](=O)[O-])cc3)s2)cc([N+](=O)[O-])c1. The van der Waals surface area contributed by atoms with Crippen molar-refractivity contribution >= 4 is 49.6 Å². The van der Waals surface area contributed by atoms with Crippen LogP contribution in [0.3, 0.4) is 0 Å². The van der Waals surface area contributed by atoms with Crippen molar-refractivity contribution < 1.29 is 32.6 Å². The molecule has 0 unspecified atom stereocenters. The van der Waals surface area contributed by atoms with Crippen molar-refractivity contribution in [3.05, 3.63) is 80.0 Å². The minimum Gasteiger partial charge on any atom is -0.465 e. The third-order valence-electron chi connectivity index (χ3n) is 4.14. The van der Waals surface area contributed by atoms with Gasteiger partial charge in [0.25, 0.3) is 17.3 Å². The molecule has 170 valence electrons. The number of carbonyl (C=O) groups excluding carboxylic acids is 2. The summed E-state index contributed by atoms with van der Waals surface area (Å²) in [4.78, 5) is 48.3. The second kappa shape index (κ2) is 9.09. The number of non-ortho nitro benzene ring substituents is 2. The van der Waals surface area contributed by atoms with E-state index < -0.39 is 37.2 Å². The minimum atomic E-state index is -4.07. The maximum Gasteiger partial charge on any atom is 0.338 e. The summed E-state index contributed by atoms with van der Waals surface area (Å²) in [6.45, 7) is 0. The van der Waals surface area contributed by atoms with Crippen molar-refractivity contribution in [2.75, 3.05) is 12.4 Å². The first-order valence-corrected chi connectivity index (χ1v) is 11.0. The van der Waals surface area contributed by atoms with Crippen LogP contribution in [-0.4, -0.2) is 42.2 Å². The number of esters is 1. The molecule has 13 nitrogen and oxygen atoms in total. The molecule has 0 aliphatic carbocycles. The van der Waals surface area contributed by atoms with Crippen LogP contribution in [0.25, 0.3) is 0 Å². The van der Waals surface area contributed by atoms with E-state index in [0.29, 0.717) is 11.3 Å². The average Bonchev–Trinajstić information content (AvgIpc) is 3.27. The number of hydrogen-bond donors (Lipinski definition) is 1. The number of nitrogens with zero attached hydrogens (tertiary/aromatic N) is 3. The largest absolute Gasteiger partial charge is 0.465 e. The molecule has 1 N–H and O–H groups in total. The van der Waals surface area contributed by atoms with Crippen LogP contribution in [0, 0.1) is 20.2 Å². The van der Waals surface area contributed by atoms with Crippen LogP contribution >= 0.6 is 11.3 Å². The lowest BCUT2D eigenvalue weighted by atomic mass is 10.1. The molecule has 1 amide bonds. The summed E-state index contributed by atoms with van der Waals surface area (Å²) in [6.07, 6.45) is 0.990. The number of nitro benzene ring substituents is 2. The third-order valence-corrected chi connectivity index (χ3v) is 7.28. The fourth-order valence-electron chi connectivity index (χ4n) is 2.56. The molecule has 33 heavy (non-hydrogen) atoms. The van der Waals surface area contributed by atoms with Crippen LogP contribution in [0.1, 0.15) is 20.7 Å². The Bertz CT molecular complexity index is 1380. The zero-order chi connectivity index (χ0) is 24.3. The molecule has 3 rings (SSSR count). The van der Waals surface area contributed by atoms with Gasteiger partial charge in [0, 0.05) is 29.8 Å². The Labute approximate surface area is 188 Å². The summed E-state index contributed by atoms with van der Waals surface area (Å²) in [5.41, 5.74) is -1.28. The molecular weight excluding hydrogens is 480 g/mol. The van der Waals surface area contributed by atoms with Gasteiger partial charge < -0.3 is 4.74 Å². The fourth-order valence-corrected chi connectivity index (χ4v) is 4.98.